The first-order chi connectivity index (χ1) is 13.6. The number of anilines is 3. The Hall–Kier alpha value is -4.03. The van der Waals surface area contributed by atoms with Gasteiger partial charge in [-0.2, -0.15) is 0 Å². The molecule has 3 heterocycles. The molecular formula is C20H17N7O. The Labute approximate surface area is 161 Å². The van der Waals surface area contributed by atoms with Gasteiger partial charge in [-0.25, -0.2) is 19.9 Å². The zero-order valence-corrected chi connectivity index (χ0v) is 15.1. The Morgan fingerprint density at radius 2 is 2.00 bits per heavy atom. The van der Waals surface area contributed by atoms with Crippen molar-refractivity contribution in [1.82, 2.24) is 24.8 Å². The maximum Gasteiger partial charge on any atom is 0.262 e. The van der Waals surface area contributed by atoms with Gasteiger partial charge in [-0.15, -0.1) is 5.73 Å². The molecule has 3 aromatic rings. The number of rotatable bonds is 5. The molecule has 0 unspecified atom stereocenters. The summed E-state index contributed by atoms with van der Waals surface area (Å²) in [5.41, 5.74) is 11.8. The molecule has 0 aromatic carbocycles. The van der Waals surface area contributed by atoms with E-state index in [9.17, 15) is 4.79 Å². The van der Waals surface area contributed by atoms with Gasteiger partial charge in [0.2, 0.25) is 0 Å². The molecule has 8 heteroatoms. The lowest BCUT2D eigenvalue weighted by Crippen LogP contribution is -2.28. The van der Waals surface area contributed by atoms with Crippen LogP contribution in [0.25, 0.3) is 11.1 Å². The second-order valence-corrected chi connectivity index (χ2v) is 6.17. The Morgan fingerprint density at radius 3 is 2.71 bits per heavy atom. The number of nitrogen functional groups attached to an aromatic ring is 1. The summed E-state index contributed by atoms with van der Waals surface area (Å²) in [6.45, 7) is 0. The molecule has 0 aliphatic heterocycles. The lowest BCUT2D eigenvalue weighted by Gasteiger charge is -2.21. The van der Waals surface area contributed by atoms with Crippen LogP contribution in [-0.4, -0.2) is 37.8 Å². The molecule has 0 saturated heterocycles. The number of hydrogen-bond acceptors (Lipinski definition) is 7. The Bertz CT molecular complexity index is 1100. The summed E-state index contributed by atoms with van der Waals surface area (Å²) in [6, 6.07) is 7.18. The van der Waals surface area contributed by atoms with Crippen LogP contribution in [0, 0.1) is 0 Å². The number of aromatic nitrogens is 4. The van der Waals surface area contributed by atoms with Crippen LogP contribution >= 0.6 is 0 Å². The van der Waals surface area contributed by atoms with Gasteiger partial charge in [0.25, 0.3) is 5.91 Å². The lowest BCUT2D eigenvalue weighted by atomic mass is 10.1. The van der Waals surface area contributed by atoms with Gasteiger partial charge < -0.3 is 16.0 Å². The van der Waals surface area contributed by atoms with Crippen molar-refractivity contribution in [2.45, 2.75) is 6.42 Å². The highest BCUT2D eigenvalue weighted by Gasteiger charge is 2.20. The zero-order chi connectivity index (χ0) is 19.5. The van der Waals surface area contributed by atoms with Crippen molar-refractivity contribution in [2.24, 2.45) is 0 Å². The van der Waals surface area contributed by atoms with Gasteiger partial charge >= 0.3 is 0 Å². The quantitative estimate of drug-likeness (QED) is 0.664. The SMILES string of the molecule is CN(C(=O)c1cc(-c2ccnc(Nc3ccncn3)c2)cnc1N)C1=C=CC1. The van der Waals surface area contributed by atoms with Crippen molar-refractivity contribution in [3.8, 4) is 11.1 Å². The molecule has 8 nitrogen and oxygen atoms in total. The third-order valence-corrected chi connectivity index (χ3v) is 4.35. The normalized spacial score (nSPS) is 12.1. The average molecular weight is 371 g/mol. The summed E-state index contributed by atoms with van der Waals surface area (Å²) in [4.78, 5) is 30.8. The first-order valence-electron chi connectivity index (χ1n) is 8.59. The van der Waals surface area contributed by atoms with E-state index >= 15 is 0 Å². The third kappa shape index (κ3) is 3.44. The second-order valence-electron chi connectivity index (χ2n) is 6.17. The van der Waals surface area contributed by atoms with E-state index in [1.54, 1.807) is 42.7 Å². The molecule has 1 amide bonds. The van der Waals surface area contributed by atoms with Crippen LogP contribution in [-0.2, 0) is 0 Å². The molecule has 0 atom stereocenters. The maximum atomic E-state index is 12.8. The molecule has 138 valence electrons. The number of carbonyl (C=O) groups excluding carboxylic acids is 1. The van der Waals surface area contributed by atoms with Gasteiger partial charge in [0.15, 0.2) is 0 Å². The van der Waals surface area contributed by atoms with Crippen molar-refractivity contribution in [1.29, 1.82) is 0 Å². The van der Waals surface area contributed by atoms with Crippen LogP contribution in [0.15, 0.2) is 66.7 Å². The highest BCUT2D eigenvalue weighted by molar-refractivity contribution is 6.00. The van der Waals surface area contributed by atoms with Gasteiger partial charge in [-0.3, -0.25) is 4.79 Å². The van der Waals surface area contributed by atoms with E-state index in [0.717, 1.165) is 23.2 Å². The molecule has 4 rings (SSSR count). The molecule has 1 aliphatic carbocycles. The van der Waals surface area contributed by atoms with Crippen molar-refractivity contribution in [2.75, 3.05) is 18.1 Å². The number of nitrogens with two attached hydrogens (primary N) is 1. The summed E-state index contributed by atoms with van der Waals surface area (Å²) in [5, 5.41) is 3.11. The standard InChI is InChI=1S/C20H17N7O/c1-27(15-3-2-4-15)20(28)16-9-14(11-24-19(16)21)13-5-8-23-18(10-13)26-17-6-7-22-12-25-17/h2,5-12H,3H2,1H3,(H2,21,24)(H,22,23,25,26). The Balaban J connectivity index is 1.63. The van der Waals surface area contributed by atoms with Crippen molar-refractivity contribution < 1.29 is 4.79 Å². The number of nitrogens with zero attached hydrogens (tertiary/aromatic N) is 5. The molecule has 0 spiro atoms. The minimum absolute atomic E-state index is 0.192. The van der Waals surface area contributed by atoms with Gasteiger partial charge in [0, 0.05) is 37.6 Å². The van der Waals surface area contributed by atoms with Gasteiger partial charge in [0.1, 0.15) is 23.8 Å². The monoisotopic (exact) mass is 371 g/mol. The number of carbonyl (C=O) groups is 1. The van der Waals surface area contributed by atoms with Crippen LogP contribution in [0.3, 0.4) is 0 Å². The molecule has 0 bridgehead atoms. The molecule has 28 heavy (non-hydrogen) atoms. The number of pyridine rings is 2. The van der Waals surface area contributed by atoms with Crippen LogP contribution in [0.1, 0.15) is 16.8 Å². The first-order valence-corrected chi connectivity index (χ1v) is 8.59. The molecule has 0 fully saturated rings. The third-order valence-electron chi connectivity index (χ3n) is 4.35. The van der Waals surface area contributed by atoms with E-state index in [4.69, 9.17) is 5.73 Å². The van der Waals surface area contributed by atoms with Crippen LogP contribution in [0.4, 0.5) is 17.5 Å². The number of nitrogens with one attached hydrogen (secondary N) is 1. The van der Waals surface area contributed by atoms with Gasteiger partial charge in [-0.05, 0) is 35.9 Å². The fourth-order valence-electron chi connectivity index (χ4n) is 2.71. The molecule has 1 aliphatic rings. The van der Waals surface area contributed by atoms with E-state index < -0.39 is 0 Å². The zero-order valence-electron chi connectivity index (χ0n) is 15.1. The minimum atomic E-state index is -0.212. The van der Waals surface area contributed by atoms with E-state index in [-0.39, 0.29) is 11.7 Å². The predicted molar refractivity (Wildman–Crippen MR) is 106 cm³/mol. The van der Waals surface area contributed by atoms with Crippen LogP contribution in [0.2, 0.25) is 0 Å². The van der Waals surface area contributed by atoms with Crippen molar-refractivity contribution in [3.05, 3.63) is 72.3 Å². The van der Waals surface area contributed by atoms with E-state index in [1.807, 2.05) is 18.2 Å². The van der Waals surface area contributed by atoms with Crippen LogP contribution < -0.4 is 11.1 Å². The summed E-state index contributed by atoms with van der Waals surface area (Å²) in [6.07, 6.45) is 9.00. The Morgan fingerprint density at radius 1 is 1.14 bits per heavy atom. The molecule has 0 saturated carbocycles. The highest BCUT2D eigenvalue weighted by atomic mass is 16.2. The topological polar surface area (TPSA) is 110 Å². The summed E-state index contributed by atoms with van der Waals surface area (Å²) >= 11 is 0. The summed E-state index contributed by atoms with van der Waals surface area (Å²) in [7, 11) is 1.71. The van der Waals surface area contributed by atoms with E-state index in [1.165, 1.54) is 6.33 Å². The average Bonchev–Trinajstić information content (AvgIpc) is 2.67. The lowest BCUT2D eigenvalue weighted by molar-refractivity contribution is 0.0833. The van der Waals surface area contributed by atoms with Crippen LogP contribution in [0.5, 0.6) is 0 Å². The largest absolute Gasteiger partial charge is 0.383 e. The van der Waals surface area contributed by atoms with E-state index in [0.29, 0.717) is 17.2 Å². The molecule has 3 N–H and O–H groups in total. The number of hydrogen-bond donors (Lipinski definition) is 2. The van der Waals surface area contributed by atoms with E-state index in [2.05, 4.69) is 31.0 Å². The first kappa shape index (κ1) is 17.4. The van der Waals surface area contributed by atoms with Crippen molar-refractivity contribution in [3.63, 3.8) is 0 Å². The molecule has 0 radical (unpaired) electrons. The molecular weight excluding hydrogens is 354 g/mol. The van der Waals surface area contributed by atoms with Crippen molar-refractivity contribution >= 4 is 23.4 Å². The second kappa shape index (κ2) is 7.30. The van der Waals surface area contributed by atoms with Gasteiger partial charge in [-0.1, -0.05) is 0 Å². The summed E-state index contributed by atoms with van der Waals surface area (Å²) < 4.78 is 0. The maximum absolute atomic E-state index is 12.8. The minimum Gasteiger partial charge on any atom is -0.383 e. The highest BCUT2D eigenvalue weighted by Crippen LogP contribution is 2.26. The summed E-state index contributed by atoms with van der Waals surface area (Å²) in [5.74, 6) is 1.23. The predicted octanol–water partition coefficient (Wildman–Crippen LogP) is 2.77. The Kier molecular flexibility index (Phi) is 4.53. The van der Waals surface area contributed by atoms with Gasteiger partial charge in [0.05, 0.1) is 11.3 Å². The fourth-order valence-corrected chi connectivity index (χ4v) is 2.71. The number of amides is 1. The fraction of sp³-hybridized carbons (Fsp3) is 0.100. The molecule has 3 aromatic heterocycles. The smallest absolute Gasteiger partial charge is 0.262 e.